The lowest BCUT2D eigenvalue weighted by Gasteiger charge is -2.04. The summed E-state index contributed by atoms with van der Waals surface area (Å²) >= 11 is 3.53. The van der Waals surface area contributed by atoms with Gasteiger partial charge in [-0.25, -0.2) is 4.98 Å². The number of hydrogen-bond acceptors (Lipinski definition) is 4. The Labute approximate surface area is 120 Å². The van der Waals surface area contributed by atoms with Crippen molar-refractivity contribution in [1.29, 1.82) is 0 Å². The summed E-state index contributed by atoms with van der Waals surface area (Å²) in [4.78, 5) is 5.82. The van der Waals surface area contributed by atoms with Crippen molar-refractivity contribution < 1.29 is 0 Å². The molecule has 2 N–H and O–H groups in total. The number of imidazole rings is 1. The minimum Gasteiger partial charge on any atom is -0.330 e. The predicted octanol–water partition coefficient (Wildman–Crippen LogP) is 3.25. The highest BCUT2D eigenvalue weighted by atomic mass is 32.2. The first-order valence-electron chi connectivity index (χ1n) is 6.18. The zero-order valence-electron chi connectivity index (χ0n) is 10.5. The third-order valence-electron chi connectivity index (χ3n) is 2.91. The molecule has 3 nitrogen and oxygen atoms in total. The molecular weight excluding hydrogens is 274 g/mol. The number of nitrogens with two attached hydrogens (primary N) is 1. The monoisotopic (exact) mass is 289 g/mol. The van der Waals surface area contributed by atoms with Gasteiger partial charge in [-0.15, -0.1) is 11.3 Å². The van der Waals surface area contributed by atoms with Gasteiger partial charge < -0.3 is 5.73 Å². The second-order valence-electron chi connectivity index (χ2n) is 4.17. The quantitative estimate of drug-likeness (QED) is 0.733. The smallest absolute Gasteiger partial charge is 0.194 e. The van der Waals surface area contributed by atoms with Gasteiger partial charge in [-0.2, -0.15) is 11.8 Å². The van der Waals surface area contributed by atoms with Crippen LogP contribution in [0, 0.1) is 0 Å². The maximum atomic E-state index is 5.57. The maximum absolute atomic E-state index is 5.57. The molecule has 3 aromatic rings. The van der Waals surface area contributed by atoms with Crippen LogP contribution in [0.3, 0.4) is 0 Å². The lowest BCUT2D eigenvalue weighted by atomic mass is 10.1. The molecule has 0 aliphatic carbocycles. The van der Waals surface area contributed by atoms with Gasteiger partial charge in [0.2, 0.25) is 0 Å². The number of benzene rings is 1. The van der Waals surface area contributed by atoms with Crippen LogP contribution in [0.5, 0.6) is 0 Å². The van der Waals surface area contributed by atoms with Gasteiger partial charge in [0, 0.05) is 35.2 Å². The molecule has 2 heterocycles. The number of fused-ring (bicyclic) bond motifs is 1. The molecular formula is C14H15N3S2. The van der Waals surface area contributed by atoms with E-state index in [1.807, 2.05) is 17.8 Å². The molecule has 0 spiro atoms. The molecule has 0 bridgehead atoms. The van der Waals surface area contributed by atoms with E-state index >= 15 is 0 Å². The number of nitrogens with zero attached hydrogens (tertiary/aromatic N) is 2. The predicted molar refractivity (Wildman–Crippen MR) is 83.7 cm³/mol. The Bertz CT molecular complexity index is 658. The average Bonchev–Trinajstić information content (AvgIpc) is 3.02. The van der Waals surface area contributed by atoms with E-state index in [-0.39, 0.29) is 0 Å². The van der Waals surface area contributed by atoms with Gasteiger partial charge in [0.05, 0.1) is 11.4 Å². The van der Waals surface area contributed by atoms with Crippen molar-refractivity contribution in [3.05, 3.63) is 47.6 Å². The summed E-state index contributed by atoms with van der Waals surface area (Å²) in [7, 11) is 0. The van der Waals surface area contributed by atoms with Crippen LogP contribution in [0.4, 0.5) is 0 Å². The molecule has 0 saturated heterocycles. The van der Waals surface area contributed by atoms with Crippen LogP contribution in [0.2, 0.25) is 0 Å². The summed E-state index contributed by atoms with van der Waals surface area (Å²) in [5.74, 6) is 1.92. The summed E-state index contributed by atoms with van der Waals surface area (Å²) in [5.41, 5.74) is 9.11. The van der Waals surface area contributed by atoms with Crippen LogP contribution in [0.1, 0.15) is 5.69 Å². The van der Waals surface area contributed by atoms with Gasteiger partial charge in [0.25, 0.3) is 0 Å². The summed E-state index contributed by atoms with van der Waals surface area (Å²) in [6.07, 6.45) is 2.10. The zero-order valence-corrected chi connectivity index (χ0v) is 12.1. The third-order valence-corrected chi connectivity index (χ3v) is 4.67. The van der Waals surface area contributed by atoms with Gasteiger partial charge >= 0.3 is 0 Å². The van der Waals surface area contributed by atoms with Crippen molar-refractivity contribution >= 4 is 28.1 Å². The first-order chi connectivity index (χ1) is 9.40. The van der Waals surface area contributed by atoms with E-state index in [1.165, 1.54) is 11.3 Å². The molecule has 0 fully saturated rings. The minimum atomic E-state index is 0.719. The Kier molecular flexibility index (Phi) is 3.87. The number of thioether (sulfide) groups is 1. The van der Waals surface area contributed by atoms with Gasteiger partial charge in [-0.1, -0.05) is 30.3 Å². The van der Waals surface area contributed by atoms with Gasteiger partial charge in [0.1, 0.15) is 0 Å². The summed E-state index contributed by atoms with van der Waals surface area (Å²) in [6, 6.07) is 10.4. The fraction of sp³-hybridized carbons (Fsp3) is 0.214. The topological polar surface area (TPSA) is 43.3 Å². The highest BCUT2D eigenvalue weighted by Crippen LogP contribution is 2.29. The van der Waals surface area contributed by atoms with E-state index < -0.39 is 0 Å². The van der Waals surface area contributed by atoms with Crippen molar-refractivity contribution in [2.75, 3.05) is 12.3 Å². The average molecular weight is 289 g/mol. The number of rotatable bonds is 5. The number of hydrogen-bond donors (Lipinski definition) is 1. The van der Waals surface area contributed by atoms with Crippen LogP contribution in [0.25, 0.3) is 16.2 Å². The normalized spacial score (nSPS) is 11.2. The second-order valence-corrected chi connectivity index (χ2v) is 6.15. The zero-order chi connectivity index (χ0) is 13.1. The molecule has 98 valence electrons. The first kappa shape index (κ1) is 12.7. The second kappa shape index (κ2) is 5.77. The molecule has 0 amide bonds. The van der Waals surface area contributed by atoms with Gasteiger partial charge in [0.15, 0.2) is 4.96 Å². The Morgan fingerprint density at radius 3 is 2.89 bits per heavy atom. The van der Waals surface area contributed by atoms with E-state index in [2.05, 4.69) is 40.2 Å². The van der Waals surface area contributed by atoms with Crippen LogP contribution >= 0.6 is 23.1 Å². The standard InChI is InChI=1S/C14H15N3S2/c15-6-8-18-10-12-13(11-4-2-1-3-5-11)16-14-17(12)7-9-19-14/h1-5,7,9H,6,8,10,15H2. The van der Waals surface area contributed by atoms with Crippen LogP contribution in [0.15, 0.2) is 41.9 Å². The van der Waals surface area contributed by atoms with E-state index in [0.717, 1.165) is 28.7 Å². The van der Waals surface area contributed by atoms with Crippen LogP contribution < -0.4 is 5.73 Å². The number of thiazole rings is 1. The van der Waals surface area contributed by atoms with Crippen molar-refractivity contribution in [3.63, 3.8) is 0 Å². The summed E-state index contributed by atoms with van der Waals surface area (Å²) in [5, 5.41) is 2.08. The van der Waals surface area contributed by atoms with Gasteiger partial charge in [-0.3, -0.25) is 4.40 Å². The Morgan fingerprint density at radius 2 is 2.11 bits per heavy atom. The Morgan fingerprint density at radius 1 is 1.26 bits per heavy atom. The van der Waals surface area contributed by atoms with Crippen LogP contribution in [-0.4, -0.2) is 21.7 Å². The molecule has 1 aromatic carbocycles. The third kappa shape index (κ3) is 2.54. The largest absolute Gasteiger partial charge is 0.330 e. The SMILES string of the molecule is NCCSCc1c(-c2ccccc2)nc2sccn12. The molecule has 2 aromatic heterocycles. The summed E-state index contributed by atoms with van der Waals surface area (Å²) in [6.45, 7) is 0.719. The minimum absolute atomic E-state index is 0.719. The van der Waals surface area contributed by atoms with E-state index in [0.29, 0.717) is 0 Å². The van der Waals surface area contributed by atoms with Crippen molar-refractivity contribution in [1.82, 2.24) is 9.38 Å². The summed E-state index contributed by atoms with van der Waals surface area (Å²) < 4.78 is 2.19. The van der Waals surface area contributed by atoms with Crippen molar-refractivity contribution in [3.8, 4) is 11.3 Å². The molecule has 0 radical (unpaired) electrons. The highest BCUT2D eigenvalue weighted by Gasteiger charge is 2.14. The Hall–Kier alpha value is -1.30. The maximum Gasteiger partial charge on any atom is 0.194 e. The van der Waals surface area contributed by atoms with Gasteiger partial charge in [-0.05, 0) is 0 Å². The lowest BCUT2D eigenvalue weighted by Crippen LogP contribution is -2.02. The fourth-order valence-corrected chi connectivity index (χ4v) is 3.56. The highest BCUT2D eigenvalue weighted by molar-refractivity contribution is 7.98. The van der Waals surface area contributed by atoms with Crippen LogP contribution in [-0.2, 0) is 5.75 Å². The molecule has 3 rings (SSSR count). The molecule has 5 heteroatoms. The Balaban J connectivity index is 2.02. The van der Waals surface area contributed by atoms with E-state index in [1.54, 1.807) is 11.3 Å². The van der Waals surface area contributed by atoms with E-state index in [9.17, 15) is 0 Å². The molecule has 19 heavy (non-hydrogen) atoms. The van der Waals surface area contributed by atoms with Crippen molar-refractivity contribution in [2.24, 2.45) is 5.73 Å². The molecule has 0 atom stereocenters. The fourth-order valence-electron chi connectivity index (χ4n) is 2.05. The molecule has 0 aliphatic heterocycles. The van der Waals surface area contributed by atoms with E-state index in [4.69, 9.17) is 10.7 Å². The molecule has 0 unspecified atom stereocenters. The molecule has 0 aliphatic rings. The van der Waals surface area contributed by atoms with Crippen molar-refractivity contribution in [2.45, 2.75) is 5.75 Å². The lowest BCUT2D eigenvalue weighted by molar-refractivity contribution is 1.11. The first-order valence-corrected chi connectivity index (χ1v) is 8.21. The number of aromatic nitrogens is 2. The molecule has 0 saturated carbocycles.